The van der Waals surface area contributed by atoms with Gasteiger partial charge < -0.3 is 10.1 Å². The highest BCUT2D eigenvalue weighted by atomic mass is 79.9. The van der Waals surface area contributed by atoms with E-state index in [0.29, 0.717) is 17.4 Å². The first-order chi connectivity index (χ1) is 12.0. The smallest absolute Gasteiger partial charge is 0.416 e. The van der Waals surface area contributed by atoms with Crippen molar-refractivity contribution in [1.29, 1.82) is 0 Å². The molecule has 3 nitrogen and oxygen atoms in total. The first-order valence-corrected chi connectivity index (χ1v) is 8.46. The van der Waals surface area contributed by atoms with Crippen molar-refractivity contribution in [2.45, 2.75) is 13.1 Å². The molecule has 0 bridgehead atoms. The van der Waals surface area contributed by atoms with Gasteiger partial charge >= 0.3 is 6.18 Å². The number of thiazole rings is 1. The van der Waals surface area contributed by atoms with E-state index in [9.17, 15) is 13.2 Å². The van der Waals surface area contributed by atoms with E-state index in [1.165, 1.54) is 17.4 Å². The number of halogens is 4. The standard InChI is InChI=1S/C18H15F3N2OS.BrH/c1-2-24-15-8-6-12(7-9-15)16-11-25-17(23-16)22-14-5-3-4-13(10-14)18(19,20)21;/h3-11H,2H2,1H3,(H,22,23);1H. The summed E-state index contributed by atoms with van der Waals surface area (Å²) in [6, 6.07) is 12.6. The zero-order valence-electron chi connectivity index (χ0n) is 13.7. The number of nitrogens with one attached hydrogen (secondary N) is 1. The van der Waals surface area contributed by atoms with Gasteiger partial charge in [-0.25, -0.2) is 4.98 Å². The Morgan fingerprint density at radius 2 is 1.85 bits per heavy atom. The molecule has 0 aliphatic rings. The molecule has 0 aliphatic heterocycles. The summed E-state index contributed by atoms with van der Waals surface area (Å²) in [7, 11) is 0. The van der Waals surface area contributed by atoms with Crippen LogP contribution in [0.1, 0.15) is 12.5 Å². The number of aromatic nitrogens is 1. The van der Waals surface area contributed by atoms with Crippen LogP contribution in [0, 0.1) is 0 Å². The Labute approximate surface area is 163 Å². The van der Waals surface area contributed by atoms with E-state index < -0.39 is 11.7 Å². The van der Waals surface area contributed by atoms with Crippen LogP contribution in [-0.2, 0) is 6.18 Å². The minimum absolute atomic E-state index is 0. The largest absolute Gasteiger partial charge is 0.494 e. The Bertz CT molecular complexity index is 850. The maximum Gasteiger partial charge on any atom is 0.416 e. The Hall–Kier alpha value is -2.06. The van der Waals surface area contributed by atoms with Crippen molar-refractivity contribution in [2.75, 3.05) is 11.9 Å². The molecular weight excluding hydrogens is 429 g/mol. The number of nitrogens with zero attached hydrogens (tertiary/aromatic N) is 1. The van der Waals surface area contributed by atoms with Crippen LogP contribution in [0.2, 0.25) is 0 Å². The van der Waals surface area contributed by atoms with Gasteiger partial charge in [-0.05, 0) is 49.4 Å². The molecular formula is C18H16BrF3N2OS. The molecule has 138 valence electrons. The lowest BCUT2D eigenvalue weighted by atomic mass is 10.2. The quantitative estimate of drug-likeness (QED) is 0.484. The minimum Gasteiger partial charge on any atom is -0.494 e. The van der Waals surface area contributed by atoms with Gasteiger partial charge in [-0.15, -0.1) is 28.3 Å². The molecule has 1 aromatic heterocycles. The van der Waals surface area contributed by atoms with Gasteiger partial charge in [0.05, 0.1) is 17.9 Å². The van der Waals surface area contributed by atoms with Crippen LogP contribution in [0.5, 0.6) is 5.75 Å². The summed E-state index contributed by atoms with van der Waals surface area (Å²) in [4.78, 5) is 4.43. The fraction of sp³-hybridized carbons (Fsp3) is 0.167. The van der Waals surface area contributed by atoms with Crippen molar-refractivity contribution in [3.63, 3.8) is 0 Å². The number of benzene rings is 2. The zero-order chi connectivity index (χ0) is 17.9. The van der Waals surface area contributed by atoms with Gasteiger partial charge in [0.15, 0.2) is 5.13 Å². The van der Waals surface area contributed by atoms with E-state index in [2.05, 4.69) is 10.3 Å². The van der Waals surface area contributed by atoms with Crippen LogP contribution in [0.4, 0.5) is 24.0 Å². The molecule has 1 heterocycles. The van der Waals surface area contributed by atoms with Gasteiger partial charge in [0, 0.05) is 16.6 Å². The highest BCUT2D eigenvalue weighted by molar-refractivity contribution is 8.93. The van der Waals surface area contributed by atoms with Gasteiger partial charge in [-0.2, -0.15) is 13.2 Å². The van der Waals surface area contributed by atoms with Crippen LogP contribution in [0.25, 0.3) is 11.3 Å². The SMILES string of the molecule is Br.CCOc1ccc(-c2csc(Nc3cccc(C(F)(F)F)c3)n2)cc1. The van der Waals surface area contributed by atoms with Crippen molar-refractivity contribution in [3.8, 4) is 17.0 Å². The summed E-state index contributed by atoms with van der Waals surface area (Å²) in [6.07, 6.45) is -4.37. The molecule has 26 heavy (non-hydrogen) atoms. The molecule has 0 radical (unpaired) electrons. The summed E-state index contributed by atoms with van der Waals surface area (Å²) in [6.45, 7) is 2.52. The lowest BCUT2D eigenvalue weighted by Gasteiger charge is -2.09. The molecule has 8 heteroatoms. The molecule has 0 saturated carbocycles. The number of anilines is 2. The molecule has 0 amide bonds. The summed E-state index contributed by atoms with van der Waals surface area (Å²) < 4.78 is 43.7. The fourth-order valence-corrected chi connectivity index (χ4v) is 2.99. The first-order valence-electron chi connectivity index (χ1n) is 7.59. The van der Waals surface area contributed by atoms with Gasteiger partial charge in [0.2, 0.25) is 0 Å². The second-order valence-electron chi connectivity index (χ2n) is 5.20. The Morgan fingerprint density at radius 1 is 1.12 bits per heavy atom. The van der Waals surface area contributed by atoms with Gasteiger partial charge in [0.1, 0.15) is 5.75 Å². The number of hydrogen-bond acceptors (Lipinski definition) is 4. The van der Waals surface area contributed by atoms with E-state index in [4.69, 9.17) is 4.74 Å². The van der Waals surface area contributed by atoms with Crippen molar-refractivity contribution in [1.82, 2.24) is 4.98 Å². The molecule has 0 aliphatic carbocycles. The Balaban J connectivity index is 0.00000243. The third kappa shape index (κ3) is 4.98. The van der Waals surface area contributed by atoms with Crippen LogP contribution in [-0.4, -0.2) is 11.6 Å². The van der Waals surface area contributed by atoms with Crippen molar-refractivity contribution in [3.05, 3.63) is 59.5 Å². The second kappa shape index (κ2) is 8.55. The van der Waals surface area contributed by atoms with Crippen molar-refractivity contribution >= 4 is 39.1 Å². The van der Waals surface area contributed by atoms with Crippen LogP contribution in [0.3, 0.4) is 0 Å². The van der Waals surface area contributed by atoms with Crippen LogP contribution >= 0.6 is 28.3 Å². The maximum absolute atomic E-state index is 12.8. The normalized spacial score (nSPS) is 10.9. The van der Waals surface area contributed by atoms with Crippen molar-refractivity contribution < 1.29 is 17.9 Å². The average Bonchev–Trinajstić information content (AvgIpc) is 3.04. The predicted molar refractivity (Wildman–Crippen MR) is 104 cm³/mol. The first kappa shape index (κ1) is 20.3. The van der Waals surface area contributed by atoms with Crippen LogP contribution < -0.4 is 10.1 Å². The molecule has 2 aromatic carbocycles. The number of alkyl halides is 3. The third-order valence-electron chi connectivity index (χ3n) is 3.41. The molecule has 1 N–H and O–H groups in total. The maximum atomic E-state index is 12.8. The summed E-state index contributed by atoms with van der Waals surface area (Å²) in [5.74, 6) is 0.781. The lowest BCUT2D eigenvalue weighted by Crippen LogP contribution is -2.05. The Morgan fingerprint density at radius 3 is 2.50 bits per heavy atom. The van der Waals surface area contributed by atoms with E-state index in [1.807, 2.05) is 36.6 Å². The van der Waals surface area contributed by atoms with Crippen molar-refractivity contribution in [2.24, 2.45) is 0 Å². The van der Waals surface area contributed by atoms with E-state index in [1.54, 1.807) is 6.07 Å². The topological polar surface area (TPSA) is 34.1 Å². The highest BCUT2D eigenvalue weighted by Crippen LogP contribution is 2.32. The highest BCUT2D eigenvalue weighted by Gasteiger charge is 2.30. The van der Waals surface area contributed by atoms with E-state index in [0.717, 1.165) is 29.1 Å². The fourth-order valence-electron chi connectivity index (χ4n) is 2.25. The monoisotopic (exact) mass is 444 g/mol. The summed E-state index contributed by atoms with van der Waals surface area (Å²) in [5, 5.41) is 5.30. The van der Waals surface area contributed by atoms with Gasteiger partial charge in [-0.1, -0.05) is 6.07 Å². The summed E-state index contributed by atoms with van der Waals surface area (Å²) in [5.41, 5.74) is 1.32. The Kier molecular flexibility index (Phi) is 6.66. The molecule has 0 spiro atoms. The molecule has 0 saturated heterocycles. The molecule has 0 fully saturated rings. The molecule has 3 rings (SSSR count). The minimum atomic E-state index is -4.37. The average molecular weight is 445 g/mol. The summed E-state index contributed by atoms with van der Waals surface area (Å²) >= 11 is 1.33. The van der Waals surface area contributed by atoms with Crippen LogP contribution in [0.15, 0.2) is 53.9 Å². The lowest BCUT2D eigenvalue weighted by molar-refractivity contribution is -0.137. The van der Waals surface area contributed by atoms with E-state index >= 15 is 0 Å². The molecule has 3 aromatic rings. The molecule has 0 atom stereocenters. The molecule has 0 unspecified atom stereocenters. The zero-order valence-corrected chi connectivity index (χ0v) is 16.2. The third-order valence-corrected chi connectivity index (χ3v) is 4.16. The number of hydrogen-bond donors (Lipinski definition) is 1. The predicted octanol–water partition coefficient (Wildman–Crippen LogP) is 6.55. The number of rotatable bonds is 5. The van der Waals surface area contributed by atoms with Gasteiger partial charge in [-0.3, -0.25) is 0 Å². The second-order valence-corrected chi connectivity index (χ2v) is 6.06. The number of ether oxygens (including phenoxy) is 1. The van der Waals surface area contributed by atoms with E-state index in [-0.39, 0.29) is 17.0 Å². The van der Waals surface area contributed by atoms with Gasteiger partial charge in [0.25, 0.3) is 0 Å².